The van der Waals surface area contributed by atoms with Gasteiger partial charge in [0.25, 0.3) is 5.91 Å². The summed E-state index contributed by atoms with van der Waals surface area (Å²) in [4.78, 5) is 32.7. The van der Waals surface area contributed by atoms with Gasteiger partial charge in [0.2, 0.25) is 0 Å². The van der Waals surface area contributed by atoms with Gasteiger partial charge < -0.3 is 14.3 Å². The third-order valence-corrected chi connectivity index (χ3v) is 3.16. The third kappa shape index (κ3) is 2.55. The molecule has 0 aliphatic carbocycles. The Morgan fingerprint density at radius 1 is 1.38 bits per heavy atom. The third-order valence-electron chi connectivity index (χ3n) is 3.16. The van der Waals surface area contributed by atoms with E-state index in [1.807, 2.05) is 6.07 Å². The predicted molar refractivity (Wildman–Crippen MR) is 76.9 cm³/mol. The highest BCUT2D eigenvalue weighted by molar-refractivity contribution is 5.96. The molecule has 1 N–H and O–H groups in total. The Balaban J connectivity index is 1.93. The first-order valence-corrected chi connectivity index (χ1v) is 6.42. The summed E-state index contributed by atoms with van der Waals surface area (Å²) in [5.74, 6) is 0.252. The number of aromatic amines is 1. The number of para-hydroxylation sites is 1. The second-order valence-corrected chi connectivity index (χ2v) is 4.68. The van der Waals surface area contributed by atoms with Crippen LogP contribution >= 0.6 is 0 Å². The Morgan fingerprint density at radius 2 is 2.19 bits per heavy atom. The molecule has 0 spiro atoms. The standard InChI is InChI=1S/C15H13N3O3/c1-18(9-13-16-6-7-17-13)14(19)11-8-10-4-2-3-5-12(10)21-15(11)20/h2-8H,9H2,1H3,(H,16,17). The number of aromatic nitrogens is 2. The van der Waals surface area contributed by atoms with Crippen molar-refractivity contribution in [3.05, 3.63) is 64.5 Å². The number of benzene rings is 1. The number of fused-ring (bicyclic) bond motifs is 1. The highest BCUT2D eigenvalue weighted by Gasteiger charge is 2.18. The molecule has 0 bridgehead atoms. The van der Waals surface area contributed by atoms with E-state index in [2.05, 4.69) is 9.97 Å². The molecule has 0 saturated heterocycles. The quantitative estimate of drug-likeness (QED) is 0.743. The van der Waals surface area contributed by atoms with Gasteiger partial charge in [-0.25, -0.2) is 9.78 Å². The lowest BCUT2D eigenvalue weighted by Crippen LogP contribution is -2.30. The number of carbonyl (C=O) groups is 1. The van der Waals surface area contributed by atoms with Crippen molar-refractivity contribution in [3.8, 4) is 0 Å². The van der Waals surface area contributed by atoms with Gasteiger partial charge >= 0.3 is 5.63 Å². The van der Waals surface area contributed by atoms with Crippen LogP contribution in [0.25, 0.3) is 11.0 Å². The largest absolute Gasteiger partial charge is 0.422 e. The number of carbonyl (C=O) groups excluding carboxylic acids is 1. The van der Waals surface area contributed by atoms with Gasteiger partial charge in [-0.15, -0.1) is 0 Å². The minimum atomic E-state index is -0.634. The first-order valence-electron chi connectivity index (χ1n) is 6.42. The summed E-state index contributed by atoms with van der Waals surface area (Å²) < 4.78 is 5.17. The van der Waals surface area contributed by atoms with Crippen molar-refractivity contribution in [3.63, 3.8) is 0 Å². The maximum absolute atomic E-state index is 12.4. The van der Waals surface area contributed by atoms with Crippen LogP contribution in [0.2, 0.25) is 0 Å². The van der Waals surface area contributed by atoms with E-state index in [1.54, 1.807) is 43.7 Å². The summed E-state index contributed by atoms with van der Waals surface area (Å²) in [6.45, 7) is 0.290. The number of nitrogens with zero attached hydrogens (tertiary/aromatic N) is 2. The van der Waals surface area contributed by atoms with Crippen molar-refractivity contribution in [2.24, 2.45) is 0 Å². The molecule has 21 heavy (non-hydrogen) atoms. The summed E-state index contributed by atoms with van der Waals surface area (Å²) in [6, 6.07) is 8.64. The predicted octanol–water partition coefficient (Wildman–Crippen LogP) is 1.79. The van der Waals surface area contributed by atoms with Gasteiger partial charge in [0.1, 0.15) is 17.0 Å². The number of nitrogens with one attached hydrogen (secondary N) is 1. The lowest BCUT2D eigenvalue weighted by Gasteiger charge is -2.15. The lowest BCUT2D eigenvalue weighted by molar-refractivity contribution is 0.0778. The van der Waals surface area contributed by atoms with Gasteiger partial charge in [-0.05, 0) is 12.1 Å². The van der Waals surface area contributed by atoms with Crippen LogP contribution in [0.1, 0.15) is 16.2 Å². The van der Waals surface area contributed by atoms with Gasteiger partial charge in [-0.1, -0.05) is 18.2 Å². The molecule has 1 amide bonds. The monoisotopic (exact) mass is 283 g/mol. The molecule has 0 fully saturated rings. The molecule has 0 atom stereocenters. The average molecular weight is 283 g/mol. The zero-order chi connectivity index (χ0) is 14.8. The second kappa shape index (κ2) is 5.24. The van der Waals surface area contributed by atoms with Crippen LogP contribution in [0.4, 0.5) is 0 Å². The van der Waals surface area contributed by atoms with Gasteiger partial charge in [0.05, 0.1) is 6.54 Å². The number of hydrogen-bond donors (Lipinski definition) is 1. The van der Waals surface area contributed by atoms with Gasteiger partial charge in [-0.3, -0.25) is 4.79 Å². The second-order valence-electron chi connectivity index (χ2n) is 4.68. The summed E-state index contributed by atoms with van der Waals surface area (Å²) in [6.07, 6.45) is 3.29. The average Bonchev–Trinajstić information content (AvgIpc) is 2.98. The molecule has 3 rings (SSSR count). The van der Waals surface area contributed by atoms with Crippen LogP contribution in [-0.2, 0) is 6.54 Å². The maximum Gasteiger partial charge on any atom is 0.349 e. The Morgan fingerprint density at radius 3 is 2.95 bits per heavy atom. The minimum Gasteiger partial charge on any atom is -0.422 e. The Hall–Kier alpha value is -2.89. The minimum absolute atomic E-state index is 0.0164. The Kier molecular flexibility index (Phi) is 3.27. The smallest absolute Gasteiger partial charge is 0.349 e. The summed E-state index contributed by atoms with van der Waals surface area (Å²) in [7, 11) is 1.61. The lowest BCUT2D eigenvalue weighted by atomic mass is 10.1. The SMILES string of the molecule is CN(Cc1ncc[nH]1)C(=O)c1cc2ccccc2oc1=O. The van der Waals surface area contributed by atoms with Gasteiger partial charge in [0, 0.05) is 24.8 Å². The fourth-order valence-corrected chi connectivity index (χ4v) is 2.10. The Bertz CT molecular complexity index is 837. The molecule has 0 aliphatic rings. The molecule has 0 saturated carbocycles. The number of amides is 1. The van der Waals surface area contributed by atoms with Crippen molar-refractivity contribution in [2.45, 2.75) is 6.54 Å². The molecule has 0 aliphatic heterocycles. The van der Waals surface area contributed by atoms with Crippen LogP contribution in [0, 0.1) is 0 Å². The summed E-state index contributed by atoms with van der Waals surface area (Å²) in [5.41, 5.74) is -0.152. The normalized spacial score (nSPS) is 10.7. The van der Waals surface area contributed by atoms with Gasteiger partial charge in [-0.2, -0.15) is 0 Å². The summed E-state index contributed by atoms with van der Waals surface area (Å²) in [5, 5.41) is 0.715. The van der Waals surface area contributed by atoms with E-state index in [9.17, 15) is 9.59 Å². The van der Waals surface area contributed by atoms with E-state index >= 15 is 0 Å². The van der Waals surface area contributed by atoms with Crippen LogP contribution in [-0.4, -0.2) is 27.8 Å². The van der Waals surface area contributed by atoms with Crippen LogP contribution in [0.15, 0.2) is 51.9 Å². The van der Waals surface area contributed by atoms with Crippen LogP contribution in [0.3, 0.4) is 0 Å². The molecule has 3 aromatic rings. The molecule has 106 valence electrons. The van der Waals surface area contributed by atoms with E-state index in [4.69, 9.17) is 4.42 Å². The Labute approximate surface area is 120 Å². The first-order chi connectivity index (χ1) is 10.1. The fraction of sp³-hybridized carbons (Fsp3) is 0.133. The maximum atomic E-state index is 12.4. The molecular weight excluding hydrogens is 270 g/mol. The van der Waals surface area contributed by atoms with Crippen molar-refractivity contribution in [1.29, 1.82) is 0 Å². The number of H-pyrrole nitrogens is 1. The van der Waals surface area contributed by atoms with E-state index in [0.29, 0.717) is 16.8 Å². The molecular formula is C15H13N3O3. The van der Waals surface area contributed by atoms with Crippen molar-refractivity contribution < 1.29 is 9.21 Å². The van der Waals surface area contributed by atoms with Crippen LogP contribution < -0.4 is 5.63 Å². The fourth-order valence-electron chi connectivity index (χ4n) is 2.10. The zero-order valence-electron chi connectivity index (χ0n) is 11.4. The molecule has 6 nitrogen and oxygen atoms in total. The van der Waals surface area contributed by atoms with Crippen molar-refractivity contribution >= 4 is 16.9 Å². The van der Waals surface area contributed by atoms with E-state index in [-0.39, 0.29) is 12.1 Å². The zero-order valence-corrected chi connectivity index (χ0v) is 11.4. The number of hydrogen-bond acceptors (Lipinski definition) is 4. The molecule has 2 aromatic heterocycles. The van der Waals surface area contributed by atoms with Gasteiger partial charge in [0.15, 0.2) is 0 Å². The number of rotatable bonds is 3. The molecule has 2 heterocycles. The molecule has 0 unspecified atom stereocenters. The molecule has 0 radical (unpaired) electrons. The van der Waals surface area contributed by atoms with E-state index in [1.165, 1.54) is 4.90 Å². The topological polar surface area (TPSA) is 79.2 Å². The first kappa shape index (κ1) is 13.1. The van der Waals surface area contributed by atoms with Crippen LogP contribution in [0.5, 0.6) is 0 Å². The highest BCUT2D eigenvalue weighted by Crippen LogP contribution is 2.13. The van der Waals surface area contributed by atoms with Crippen molar-refractivity contribution in [2.75, 3.05) is 7.05 Å². The molecule has 1 aromatic carbocycles. The summed E-state index contributed by atoms with van der Waals surface area (Å²) >= 11 is 0. The number of imidazole rings is 1. The van der Waals surface area contributed by atoms with E-state index in [0.717, 1.165) is 0 Å². The van der Waals surface area contributed by atoms with E-state index < -0.39 is 11.5 Å². The molecule has 6 heteroatoms. The van der Waals surface area contributed by atoms with Crippen molar-refractivity contribution in [1.82, 2.24) is 14.9 Å². The highest BCUT2D eigenvalue weighted by atomic mass is 16.4.